The number of rotatable bonds is 7. The van der Waals surface area contributed by atoms with E-state index in [1.807, 2.05) is 0 Å². The molecule has 1 N–H and O–H groups in total. The van der Waals surface area contributed by atoms with Crippen LogP contribution in [0.25, 0.3) is 11.4 Å². The summed E-state index contributed by atoms with van der Waals surface area (Å²) in [5, 5.41) is 13.5. The summed E-state index contributed by atoms with van der Waals surface area (Å²) in [6.07, 6.45) is 0.949. The summed E-state index contributed by atoms with van der Waals surface area (Å²) in [5.74, 6) is 0.189. The van der Waals surface area contributed by atoms with Crippen molar-refractivity contribution < 1.29 is 33.5 Å². The molecule has 0 saturated carbocycles. The highest BCUT2D eigenvalue weighted by Gasteiger charge is 2.27. The molecule has 0 fully saturated rings. The minimum absolute atomic E-state index is 0.0879. The maximum Gasteiger partial charge on any atom is 0.417 e. The lowest BCUT2D eigenvalue weighted by Gasteiger charge is -2.27. The number of carbonyl (C=O) groups excluding carboxylic acids is 2. The predicted octanol–water partition coefficient (Wildman–Crippen LogP) is 4.99. The third-order valence-corrected chi connectivity index (χ3v) is 5.75. The van der Waals surface area contributed by atoms with Crippen LogP contribution < -0.4 is 4.74 Å². The number of nitrogens with zero attached hydrogens (tertiary/aromatic N) is 5. The van der Waals surface area contributed by atoms with Gasteiger partial charge in [0.1, 0.15) is 17.2 Å². The molecule has 1 amide bonds. The van der Waals surface area contributed by atoms with E-state index in [1.54, 1.807) is 83.3 Å². The summed E-state index contributed by atoms with van der Waals surface area (Å²) in [6, 6.07) is 13.2. The molecule has 12 nitrogen and oxygen atoms in total. The number of imidazole rings is 1. The van der Waals surface area contributed by atoms with Gasteiger partial charge < -0.3 is 24.0 Å². The first kappa shape index (κ1) is 28.0. The highest BCUT2D eigenvalue weighted by Crippen LogP contribution is 2.27. The van der Waals surface area contributed by atoms with E-state index in [2.05, 4.69) is 15.1 Å². The average molecular weight is 548 g/mol. The summed E-state index contributed by atoms with van der Waals surface area (Å²) in [5.41, 5.74) is 0.982. The Labute approximate surface area is 230 Å². The van der Waals surface area contributed by atoms with Gasteiger partial charge in [-0.2, -0.15) is 4.98 Å². The van der Waals surface area contributed by atoms with E-state index >= 15 is 0 Å². The summed E-state index contributed by atoms with van der Waals surface area (Å²) in [4.78, 5) is 46.9. The molecule has 4 rings (SSSR count). The molecule has 2 aromatic carbocycles. The number of aryl methyl sites for hydroxylation is 1. The Bertz CT molecular complexity index is 1500. The fourth-order valence-electron chi connectivity index (χ4n) is 3.86. The first-order valence-electron chi connectivity index (χ1n) is 12.3. The molecule has 0 bridgehead atoms. The first-order valence-corrected chi connectivity index (χ1v) is 12.3. The third-order valence-electron chi connectivity index (χ3n) is 5.75. The summed E-state index contributed by atoms with van der Waals surface area (Å²) in [7, 11) is 1.57. The Balaban J connectivity index is 1.52. The van der Waals surface area contributed by atoms with Crippen LogP contribution in [0.4, 0.5) is 9.59 Å². The number of hydrogen-bond acceptors (Lipinski definition) is 9. The van der Waals surface area contributed by atoms with Gasteiger partial charge in [0.15, 0.2) is 0 Å². The quantitative estimate of drug-likeness (QED) is 0.248. The SMILES string of the molecule is Cc1nc(-c2ccc(C(=O)Oc3ccc(C(CN(C)C(=O)OC(C)(C)C)c4nccn4C(=O)O)cc3)cc2)no1. The summed E-state index contributed by atoms with van der Waals surface area (Å²) in [6.45, 7) is 7.06. The number of esters is 1. The minimum Gasteiger partial charge on any atom is -0.464 e. The van der Waals surface area contributed by atoms with Crippen molar-refractivity contribution in [2.45, 2.75) is 39.2 Å². The molecule has 0 spiro atoms. The van der Waals surface area contributed by atoms with Crippen molar-refractivity contribution in [2.24, 2.45) is 0 Å². The summed E-state index contributed by atoms with van der Waals surface area (Å²) >= 11 is 0. The molecule has 40 heavy (non-hydrogen) atoms. The van der Waals surface area contributed by atoms with E-state index in [0.717, 1.165) is 4.57 Å². The molecule has 0 saturated heterocycles. The average Bonchev–Trinajstić information content (AvgIpc) is 3.56. The van der Waals surface area contributed by atoms with Crippen LogP contribution in [-0.4, -0.2) is 67.0 Å². The monoisotopic (exact) mass is 547 g/mol. The van der Waals surface area contributed by atoms with Crippen LogP contribution in [0.5, 0.6) is 5.75 Å². The van der Waals surface area contributed by atoms with Crippen LogP contribution >= 0.6 is 0 Å². The standard InChI is InChI=1S/C28H29N5O7/c1-17-30-23(31-40-17)19-6-8-20(9-7-19)25(34)38-21-12-10-18(11-13-21)22(24-29-14-15-33(24)26(35)36)16-32(5)27(37)39-28(2,3)4/h6-15,22H,16H2,1-5H3,(H,35,36). The van der Waals surface area contributed by atoms with E-state index in [9.17, 15) is 19.5 Å². The van der Waals surface area contributed by atoms with E-state index in [-0.39, 0.29) is 18.1 Å². The molecule has 4 aromatic rings. The molecular formula is C28H29N5O7. The van der Waals surface area contributed by atoms with Crippen LogP contribution in [-0.2, 0) is 4.74 Å². The Morgan fingerprint density at radius 1 is 1.07 bits per heavy atom. The molecule has 0 aliphatic rings. The van der Waals surface area contributed by atoms with Gasteiger partial charge in [-0.1, -0.05) is 29.4 Å². The normalized spacial score (nSPS) is 12.0. The number of aromatic nitrogens is 4. The lowest BCUT2D eigenvalue weighted by atomic mass is 9.97. The molecule has 1 unspecified atom stereocenters. The summed E-state index contributed by atoms with van der Waals surface area (Å²) < 4.78 is 17.0. The molecule has 0 aliphatic carbocycles. The van der Waals surface area contributed by atoms with Crippen LogP contribution in [0.3, 0.4) is 0 Å². The van der Waals surface area contributed by atoms with Crippen molar-refractivity contribution >= 4 is 18.2 Å². The number of amides is 1. The van der Waals surface area contributed by atoms with Crippen molar-refractivity contribution in [3.05, 3.63) is 83.8 Å². The second kappa shape index (κ2) is 11.4. The molecule has 2 aromatic heterocycles. The van der Waals surface area contributed by atoms with Gasteiger partial charge in [0.25, 0.3) is 0 Å². The number of likely N-dealkylation sites (N-methyl/N-ethyl adjacent to an activating group) is 1. The van der Waals surface area contributed by atoms with Gasteiger partial charge in [-0.15, -0.1) is 0 Å². The van der Waals surface area contributed by atoms with Crippen molar-refractivity contribution in [3.63, 3.8) is 0 Å². The number of hydrogen-bond donors (Lipinski definition) is 1. The van der Waals surface area contributed by atoms with E-state index in [0.29, 0.717) is 28.4 Å². The van der Waals surface area contributed by atoms with Gasteiger partial charge in [0.2, 0.25) is 11.7 Å². The molecular weight excluding hydrogens is 518 g/mol. The van der Waals surface area contributed by atoms with E-state index in [1.165, 1.54) is 17.3 Å². The van der Waals surface area contributed by atoms with E-state index < -0.39 is 29.7 Å². The van der Waals surface area contributed by atoms with Gasteiger partial charge in [0.05, 0.1) is 11.5 Å². The van der Waals surface area contributed by atoms with Gasteiger partial charge in [-0.25, -0.2) is 23.9 Å². The van der Waals surface area contributed by atoms with Crippen LogP contribution in [0.15, 0.2) is 65.4 Å². The number of benzene rings is 2. The van der Waals surface area contributed by atoms with Crippen molar-refractivity contribution in [1.29, 1.82) is 0 Å². The number of ether oxygens (including phenoxy) is 2. The Hall–Kier alpha value is -5.00. The molecule has 12 heteroatoms. The predicted molar refractivity (Wildman–Crippen MR) is 142 cm³/mol. The van der Waals surface area contributed by atoms with Crippen molar-refractivity contribution in [3.8, 4) is 17.1 Å². The maximum atomic E-state index is 12.7. The Morgan fingerprint density at radius 3 is 2.33 bits per heavy atom. The maximum absolute atomic E-state index is 12.7. The fraction of sp³-hybridized carbons (Fsp3) is 0.286. The Kier molecular flexibility index (Phi) is 7.98. The lowest BCUT2D eigenvalue weighted by Crippen LogP contribution is -2.37. The highest BCUT2D eigenvalue weighted by atomic mass is 16.6. The molecule has 1 atom stereocenters. The highest BCUT2D eigenvalue weighted by molar-refractivity contribution is 5.91. The third kappa shape index (κ3) is 6.70. The van der Waals surface area contributed by atoms with Crippen LogP contribution in [0.1, 0.15) is 54.3 Å². The van der Waals surface area contributed by atoms with Crippen molar-refractivity contribution in [2.75, 3.05) is 13.6 Å². The molecule has 0 aliphatic heterocycles. The zero-order valence-electron chi connectivity index (χ0n) is 22.7. The molecule has 208 valence electrons. The first-order chi connectivity index (χ1) is 18.9. The van der Waals surface area contributed by atoms with Gasteiger partial charge >= 0.3 is 18.2 Å². The van der Waals surface area contributed by atoms with Crippen LogP contribution in [0, 0.1) is 6.92 Å². The van der Waals surface area contributed by atoms with Crippen LogP contribution in [0.2, 0.25) is 0 Å². The zero-order chi connectivity index (χ0) is 29.0. The zero-order valence-corrected chi connectivity index (χ0v) is 22.7. The second-order valence-corrected chi connectivity index (χ2v) is 10.0. The second-order valence-electron chi connectivity index (χ2n) is 10.0. The lowest BCUT2D eigenvalue weighted by molar-refractivity contribution is 0.0292. The Morgan fingerprint density at radius 2 is 1.75 bits per heavy atom. The smallest absolute Gasteiger partial charge is 0.417 e. The van der Waals surface area contributed by atoms with Crippen molar-refractivity contribution in [1.82, 2.24) is 24.6 Å². The topological polar surface area (TPSA) is 150 Å². The molecule has 2 heterocycles. The molecule has 0 radical (unpaired) electrons. The van der Waals surface area contributed by atoms with Gasteiger partial charge in [-0.05, 0) is 50.6 Å². The van der Waals surface area contributed by atoms with Gasteiger partial charge in [0, 0.05) is 38.5 Å². The number of carbonyl (C=O) groups is 3. The van der Waals surface area contributed by atoms with Gasteiger partial charge in [-0.3, -0.25) is 0 Å². The van der Waals surface area contributed by atoms with E-state index in [4.69, 9.17) is 14.0 Å². The minimum atomic E-state index is -1.21. The number of carboxylic acid groups (broad SMARTS) is 1. The fourth-order valence-corrected chi connectivity index (χ4v) is 3.86. The largest absolute Gasteiger partial charge is 0.464 e.